The fraction of sp³-hybridized carbons (Fsp3) is 0.0556. The molecule has 0 fully saturated rings. The minimum atomic E-state index is -0.337. The van der Waals surface area contributed by atoms with Crippen LogP contribution in [0.3, 0.4) is 0 Å². The first-order chi connectivity index (χ1) is 13.3. The van der Waals surface area contributed by atoms with Gasteiger partial charge in [-0.1, -0.05) is 57.7 Å². The largest absolute Gasteiger partial charge is 0.295 e. The van der Waals surface area contributed by atoms with E-state index in [2.05, 4.69) is 15.1 Å². The number of nitrogens with one attached hydrogen (secondary N) is 1. The van der Waals surface area contributed by atoms with Gasteiger partial charge in [-0.2, -0.15) is 0 Å². The van der Waals surface area contributed by atoms with Crippen LogP contribution < -0.4 is 5.56 Å². The average Bonchev–Trinajstić information content (AvgIpc) is 3.13. The third kappa shape index (κ3) is 3.58. The van der Waals surface area contributed by atoms with E-state index < -0.39 is 0 Å². The molecule has 0 saturated heterocycles. The molecule has 0 radical (unpaired) electrons. The molecule has 1 N–H and O–H groups in total. The van der Waals surface area contributed by atoms with E-state index >= 15 is 0 Å². The molecule has 5 nitrogen and oxygen atoms in total. The number of hydrogen-bond donors (Lipinski definition) is 1. The summed E-state index contributed by atoms with van der Waals surface area (Å²) in [7, 11) is 0. The Balaban J connectivity index is 1.75. The topological polar surface area (TPSA) is 63.0 Å². The van der Waals surface area contributed by atoms with E-state index in [-0.39, 0.29) is 15.6 Å². The van der Waals surface area contributed by atoms with E-state index in [0.29, 0.717) is 32.1 Å². The fourth-order valence-electron chi connectivity index (χ4n) is 2.68. The predicted octanol–water partition coefficient (Wildman–Crippen LogP) is 6.45. The van der Waals surface area contributed by atoms with Gasteiger partial charge in [0.05, 0.1) is 25.8 Å². The molecule has 2 aromatic carbocycles. The molecule has 0 unspecified atom stereocenters. The standard InChI is InChI=1S/C18H10Cl4N4OS/c1-8-11(7-23-18-24-14-3-2-9(19)6-15(14)28-18)17(27)26(25-8)16-12(21)4-10(20)5-13(16)22/h2-7,25H,1H3/b23-7+. The van der Waals surface area contributed by atoms with Gasteiger partial charge in [0.2, 0.25) is 5.13 Å². The Kier molecular flexibility index (Phi) is 5.24. The van der Waals surface area contributed by atoms with Gasteiger partial charge in [-0.25, -0.2) is 14.7 Å². The van der Waals surface area contributed by atoms with Crippen molar-refractivity contribution in [1.29, 1.82) is 0 Å². The van der Waals surface area contributed by atoms with Crippen molar-refractivity contribution in [3.05, 3.63) is 72.0 Å². The highest BCUT2D eigenvalue weighted by atomic mass is 35.5. The third-order valence-electron chi connectivity index (χ3n) is 3.97. The van der Waals surface area contributed by atoms with Crippen LogP contribution in [-0.4, -0.2) is 21.0 Å². The molecule has 4 aromatic rings. The van der Waals surface area contributed by atoms with Gasteiger partial charge in [0.25, 0.3) is 5.56 Å². The van der Waals surface area contributed by atoms with Crippen molar-refractivity contribution in [2.45, 2.75) is 6.92 Å². The summed E-state index contributed by atoms with van der Waals surface area (Å²) in [5.41, 5.74) is 1.77. The lowest BCUT2D eigenvalue weighted by Gasteiger charge is -2.07. The van der Waals surface area contributed by atoms with Crippen LogP contribution in [0.25, 0.3) is 15.9 Å². The Labute approximate surface area is 183 Å². The molecular formula is C18H10Cl4N4OS. The minimum Gasteiger partial charge on any atom is -0.295 e. The molecule has 142 valence electrons. The van der Waals surface area contributed by atoms with Crippen molar-refractivity contribution >= 4 is 79.3 Å². The number of halogens is 4. The number of aromatic nitrogens is 3. The highest BCUT2D eigenvalue weighted by Crippen LogP contribution is 2.32. The lowest BCUT2D eigenvalue weighted by atomic mass is 10.3. The van der Waals surface area contributed by atoms with E-state index in [1.807, 2.05) is 12.1 Å². The van der Waals surface area contributed by atoms with Gasteiger partial charge in [0.15, 0.2) is 0 Å². The summed E-state index contributed by atoms with van der Waals surface area (Å²) in [5, 5.41) is 5.02. The summed E-state index contributed by atoms with van der Waals surface area (Å²) in [6, 6.07) is 8.46. The smallest absolute Gasteiger partial charge is 0.280 e. The Morgan fingerprint density at radius 2 is 1.82 bits per heavy atom. The zero-order valence-electron chi connectivity index (χ0n) is 14.1. The number of thiazole rings is 1. The molecule has 0 aliphatic heterocycles. The van der Waals surface area contributed by atoms with Crippen LogP contribution in [0.1, 0.15) is 11.3 Å². The van der Waals surface area contributed by atoms with Crippen LogP contribution >= 0.6 is 57.7 Å². The van der Waals surface area contributed by atoms with Gasteiger partial charge in [0, 0.05) is 22.0 Å². The van der Waals surface area contributed by atoms with Crippen LogP contribution in [0.4, 0.5) is 5.13 Å². The van der Waals surface area contributed by atoms with Crippen molar-refractivity contribution in [1.82, 2.24) is 14.8 Å². The normalized spacial score (nSPS) is 11.8. The Morgan fingerprint density at radius 1 is 1.11 bits per heavy atom. The monoisotopic (exact) mass is 470 g/mol. The van der Waals surface area contributed by atoms with E-state index in [1.165, 1.54) is 34.4 Å². The molecular weight excluding hydrogens is 462 g/mol. The number of benzene rings is 2. The number of aromatic amines is 1. The van der Waals surface area contributed by atoms with Gasteiger partial charge in [-0.15, -0.1) is 0 Å². The summed E-state index contributed by atoms with van der Waals surface area (Å²) >= 11 is 25.8. The second-order valence-electron chi connectivity index (χ2n) is 5.88. The number of nitrogens with zero attached hydrogens (tertiary/aromatic N) is 3. The lowest BCUT2D eigenvalue weighted by molar-refractivity contribution is 0.835. The van der Waals surface area contributed by atoms with Crippen LogP contribution in [0.2, 0.25) is 20.1 Å². The summed E-state index contributed by atoms with van der Waals surface area (Å²) in [4.78, 5) is 21.6. The first kappa shape index (κ1) is 19.5. The molecule has 0 aliphatic carbocycles. The van der Waals surface area contributed by atoms with Gasteiger partial charge in [-0.05, 0) is 37.3 Å². The molecule has 0 atom stereocenters. The van der Waals surface area contributed by atoms with E-state index in [0.717, 1.165) is 10.2 Å². The van der Waals surface area contributed by atoms with Crippen molar-refractivity contribution in [2.24, 2.45) is 4.99 Å². The number of rotatable bonds is 3. The Hall–Kier alpha value is -1.83. The van der Waals surface area contributed by atoms with Gasteiger partial charge < -0.3 is 0 Å². The lowest BCUT2D eigenvalue weighted by Crippen LogP contribution is -2.18. The number of hydrogen-bond acceptors (Lipinski definition) is 4. The summed E-state index contributed by atoms with van der Waals surface area (Å²) in [5.74, 6) is 0. The van der Waals surface area contributed by atoms with Crippen LogP contribution in [-0.2, 0) is 0 Å². The summed E-state index contributed by atoms with van der Waals surface area (Å²) in [6.45, 7) is 1.76. The summed E-state index contributed by atoms with van der Waals surface area (Å²) in [6.07, 6.45) is 1.47. The SMILES string of the molecule is Cc1[nH]n(-c2c(Cl)cc(Cl)cc2Cl)c(=O)c1/C=N/c1nc2ccc(Cl)cc2s1. The van der Waals surface area contributed by atoms with Crippen LogP contribution in [0, 0.1) is 6.92 Å². The van der Waals surface area contributed by atoms with Gasteiger partial charge >= 0.3 is 0 Å². The van der Waals surface area contributed by atoms with E-state index in [9.17, 15) is 4.79 Å². The Bertz CT molecular complexity index is 1280. The average molecular weight is 472 g/mol. The zero-order valence-corrected chi connectivity index (χ0v) is 18.0. The van der Waals surface area contributed by atoms with Crippen molar-refractivity contribution in [2.75, 3.05) is 0 Å². The van der Waals surface area contributed by atoms with Crippen molar-refractivity contribution in [3.63, 3.8) is 0 Å². The molecule has 0 spiro atoms. The first-order valence-corrected chi connectivity index (χ1v) is 10.2. The molecule has 0 aliphatic rings. The quantitative estimate of drug-likeness (QED) is 0.349. The van der Waals surface area contributed by atoms with Gasteiger partial charge in [0.1, 0.15) is 5.69 Å². The zero-order chi connectivity index (χ0) is 20.0. The molecule has 10 heteroatoms. The minimum absolute atomic E-state index is 0.257. The van der Waals surface area contributed by atoms with Crippen molar-refractivity contribution < 1.29 is 0 Å². The van der Waals surface area contributed by atoms with E-state index in [4.69, 9.17) is 46.4 Å². The van der Waals surface area contributed by atoms with Crippen LogP contribution in [0.5, 0.6) is 0 Å². The van der Waals surface area contributed by atoms with Crippen molar-refractivity contribution in [3.8, 4) is 5.69 Å². The highest BCUT2D eigenvalue weighted by Gasteiger charge is 2.17. The molecule has 2 heterocycles. The third-order valence-corrected chi connectivity index (χ3v) is 5.92. The summed E-state index contributed by atoms with van der Waals surface area (Å²) < 4.78 is 2.19. The number of fused-ring (bicyclic) bond motifs is 1. The Morgan fingerprint density at radius 3 is 2.54 bits per heavy atom. The number of H-pyrrole nitrogens is 1. The molecule has 0 saturated carbocycles. The molecule has 4 rings (SSSR count). The maximum absolute atomic E-state index is 12.9. The highest BCUT2D eigenvalue weighted by molar-refractivity contribution is 7.22. The fourth-order valence-corrected chi connectivity index (χ4v) is 4.75. The van der Waals surface area contributed by atoms with Crippen LogP contribution in [0.15, 0.2) is 40.1 Å². The molecule has 2 aromatic heterocycles. The maximum atomic E-state index is 12.9. The number of aryl methyl sites for hydroxylation is 1. The second-order valence-corrected chi connectivity index (χ2v) is 8.57. The first-order valence-electron chi connectivity index (χ1n) is 7.90. The predicted molar refractivity (Wildman–Crippen MR) is 118 cm³/mol. The maximum Gasteiger partial charge on any atom is 0.280 e. The molecule has 0 bridgehead atoms. The molecule has 28 heavy (non-hydrogen) atoms. The van der Waals surface area contributed by atoms with E-state index in [1.54, 1.807) is 13.0 Å². The van der Waals surface area contributed by atoms with Gasteiger partial charge in [-0.3, -0.25) is 9.89 Å². The number of aliphatic imine (C=N–C) groups is 1. The second kappa shape index (κ2) is 7.54. The molecule has 0 amide bonds.